The Balaban J connectivity index is 1.61. The molecule has 1 saturated heterocycles. The van der Waals surface area contributed by atoms with Crippen LogP contribution < -0.4 is 10.1 Å². The normalized spacial score (nSPS) is 14.9. The quantitative estimate of drug-likeness (QED) is 0.406. The van der Waals surface area contributed by atoms with Crippen LogP contribution in [0.4, 0.5) is 5.69 Å². The highest BCUT2D eigenvalue weighted by molar-refractivity contribution is 8.26. The maximum atomic E-state index is 12.4. The number of carbonyl (C=O) groups excluding carboxylic acids is 2. The third-order valence-electron chi connectivity index (χ3n) is 4.05. The van der Waals surface area contributed by atoms with Crippen LogP contribution in [0.15, 0.2) is 66.1 Å². The highest BCUT2D eigenvalue weighted by Crippen LogP contribution is 2.32. The summed E-state index contributed by atoms with van der Waals surface area (Å²) in [5.41, 5.74) is 2.64. The molecule has 1 heterocycles. The number of hydrogen-bond acceptors (Lipinski definition) is 5. The Morgan fingerprint density at radius 3 is 2.76 bits per heavy atom. The molecule has 0 aromatic heterocycles. The average Bonchev–Trinajstić information content (AvgIpc) is 2.96. The fourth-order valence-electron chi connectivity index (χ4n) is 2.61. The molecule has 7 heteroatoms. The van der Waals surface area contributed by atoms with Gasteiger partial charge in [-0.3, -0.25) is 14.5 Å². The summed E-state index contributed by atoms with van der Waals surface area (Å²) in [4.78, 5) is 26.6. The van der Waals surface area contributed by atoms with Crippen molar-refractivity contribution < 1.29 is 14.3 Å². The second-order valence-corrected chi connectivity index (χ2v) is 8.03. The van der Waals surface area contributed by atoms with Crippen molar-refractivity contribution in [2.24, 2.45) is 0 Å². The number of anilines is 1. The lowest BCUT2D eigenvalue weighted by Crippen LogP contribution is -2.27. The van der Waals surface area contributed by atoms with Gasteiger partial charge in [0, 0.05) is 12.2 Å². The molecule has 2 amide bonds. The summed E-state index contributed by atoms with van der Waals surface area (Å²) < 4.78 is 6.11. The van der Waals surface area contributed by atoms with Crippen LogP contribution in [0.3, 0.4) is 0 Å². The number of aryl methyl sites for hydroxylation is 1. The molecule has 3 rings (SSSR count). The van der Waals surface area contributed by atoms with Gasteiger partial charge in [-0.2, -0.15) is 0 Å². The molecule has 2 aromatic rings. The van der Waals surface area contributed by atoms with Crippen LogP contribution in [0, 0.1) is 6.92 Å². The van der Waals surface area contributed by atoms with Gasteiger partial charge in [-0.25, -0.2) is 0 Å². The molecule has 5 nitrogen and oxygen atoms in total. The Morgan fingerprint density at radius 1 is 1.28 bits per heavy atom. The zero-order chi connectivity index (χ0) is 20.8. The maximum absolute atomic E-state index is 12.4. The predicted molar refractivity (Wildman–Crippen MR) is 122 cm³/mol. The van der Waals surface area contributed by atoms with Gasteiger partial charge in [0.05, 0.1) is 4.91 Å². The number of amides is 2. The van der Waals surface area contributed by atoms with Gasteiger partial charge in [0.25, 0.3) is 11.8 Å². The van der Waals surface area contributed by atoms with E-state index < -0.39 is 0 Å². The Hall–Kier alpha value is -2.90. The van der Waals surface area contributed by atoms with Crippen LogP contribution >= 0.6 is 24.0 Å². The first kappa shape index (κ1) is 20.8. The van der Waals surface area contributed by atoms with E-state index >= 15 is 0 Å². The first-order valence-corrected chi connectivity index (χ1v) is 10.1. The highest BCUT2D eigenvalue weighted by Gasteiger charge is 2.30. The summed E-state index contributed by atoms with van der Waals surface area (Å²) in [7, 11) is 0. The zero-order valence-corrected chi connectivity index (χ0v) is 17.5. The summed E-state index contributed by atoms with van der Waals surface area (Å²) in [5.74, 6) is 0.160. The monoisotopic (exact) mass is 424 g/mol. The van der Waals surface area contributed by atoms with E-state index in [0.29, 0.717) is 21.5 Å². The molecule has 148 valence electrons. The maximum Gasteiger partial charge on any atom is 0.266 e. The second-order valence-electron chi connectivity index (χ2n) is 6.36. The fraction of sp³-hybridized carbons (Fsp3) is 0.136. The van der Waals surface area contributed by atoms with E-state index in [1.54, 1.807) is 24.3 Å². The predicted octanol–water partition coefficient (Wildman–Crippen LogP) is 4.40. The first-order valence-electron chi connectivity index (χ1n) is 8.92. The summed E-state index contributed by atoms with van der Waals surface area (Å²) in [6.07, 6.45) is 3.41. The SMILES string of the molecule is C=CCN1C(=O)/C(=C/c2cccc(OCC(=O)Nc3ccc(C)cc3)c2)SC1=S. The molecular formula is C22H20N2O3S2. The molecule has 0 atom stereocenters. The second kappa shape index (κ2) is 9.54. The Kier molecular flexibility index (Phi) is 6.85. The number of ether oxygens (including phenoxy) is 1. The number of benzene rings is 2. The molecule has 0 unspecified atom stereocenters. The Labute approximate surface area is 179 Å². The first-order chi connectivity index (χ1) is 14.0. The molecule has 2 aromatic carbocycles. The lowest BCUT2D eigenvalue weighted by atomic mass is 10.2. The van der Waals surface area contributed by atoms with Gasteiger partial charge in [0.15, 0.2) is 6.61 Å². The number of rotatable bonds is 7. The third-order valence-corrected chi connectivity index (χ3v) is 5.42. The van der Waals surface area contributed by atoms with E-state index in [0.717, 1.165) is 16.8 Å². The number of carbonyl (C=O) groups is 2. The summed E-state index contributed by atoms with van der Waals surface area (Å²) in [6, 6.07) is 14.8. The molecule has 1 aliphatic rings. The summed E-state index contributed by atoms with van der Waals surface area (Å²) in [6.45, 7) is 5.91. The Bertz CT molecular complexity index is 984. The highest BCUT2D eigenvalue weighted by atomic mass is 32.2. The van der Waals surface area contributed by atoms with Gasteiger partial charge < -0.3 is 10.1 Å². The van der Waals surface area contributed by atoms with E-state index in [1.165, 1.54) is 16.7 Å². The standard InChI is InChI=1S/C22H20N2O3S2/c1-3-11-24-21(26)19(29-22(24)28)13-16-5-4-6-18(12-16)27-14-20(25)23-17-9-7-15(2)8-10-17/h3-10,12-13H,1,11,14H2,2H3,(H,23,25)/b19-13-. The van der Waals surface area contributed by atoms with Crippen LogP contribution in [0.25, 0.3) is 6.08 Å². The topological polar surface area (TPSA) is 58.6 Å². The van der Waals surface area contributed by atoms with Crippen molar-refractivity contribution in [3.8, 4) is 5.75 Å². The Morgan fingerprint density at radius 2 is 2.03 bits per heavy atom. The lowest BCUT2D eigenvalue weighted by Gasteiger charge is -2.10. The molecule has 0 bridgehead atoms. The number of nitrogens with zero attached hydrogens (tertiary/aromatic N) is 1. The minimum Gasteiger partial charge on any atom is -0.484 e. The number of thioether (sulfide) groups is 1. The van der Waals surface area contributed by atoms with Crippen LogP contribution in [0.1, 0.15) is 11.1 Å². The fourth-order valence-corrected chi connectivity index (χ4v) is 3.89. The molecular weight excluding hydrogens is 404 g/mol. The van der Waals surface area contributed by atoms with Gasteiger partial charge >= 0.3 is 0 Å². The van der Waals surface area contributed by atoms with E-state index in [-0.39, 0.29) is 18.4 Å². The summed E-state index contributed by atoms with van der Waals surface area (Å²) >= 11 is 6.50. The molecule has 29 heavy (non-hydrogen) atoms. The van der Waals surface area contributed by atoms with Gasteiger partial charge in [-0.15, -0.1) is 6.58 Å². The van der Waals surface area contributed by atoms with Crippen molar-refractivity contribution in [2.75, 3.05) is 18.5 Å². The molecule has 0 saturated carbocycles. The number of thiocarbonyl (C=S) groups is 1. The number of nitrogens with one attached hydrogen (secondary N) is 1. The van der Waals surface area contributed by atoms with E-state index in [1.807, 2.05) is 43.3 Å². The number of hydrogen-bond donors (Lipinski definition) is 1. The van der Waals surface area contributed by atoms with Crippen LogP contribution in [-0.4, -0.2) is 34.2 Å². The van der Waals surface area contributed by atoms with Crippen molar-refractivity contribution in [3.05, 3.63) is 77.2 Å². The van der Waals surface area contributed by atoms with Crippen molar-refractivity contribution in [1.29, 1.82) is 0 Å². The van der Waals surface area contributed by atoms with Crippen molar-refractivity contribution in [1.82, 2.24) is 4.90 Å². The van der Waals surface area contributed by atoms with Crippen molar-refractivity contribution in [3.63, 3.8) is 0 Å². The third kappa shape index (κ3) is 5.56. The molecule has 0 spiro atoms. The van der Waals surface area contributed by atoms with Crippen molar-refractivity contribution >= 4 is 51.9 Å². The van der Waals surface area contributed by atoms with Gasteiger partial charge in [-0.05, 0) is 42.8 Å². The van der Waals surface area contributed by atoms with E-state index in [2.05, 4.69) is 11.9 Å². The smallest absolute Gasteiger partial charge is 0.266 e. The molecule has 1 fully saturated rings. The zero-order valence-electron chi connectivity index (χ0n) is 15.9. The minimum atomic E-state index is -0.246. The lowest BCUT2D eigenvalue weighted by molar-refractivity contribution is -0.121. The van der Waals surface area contributed by atoms with Gasteiger partial charge in [-0.1, -0.05) is 59.9 Å². The summed E-state index contributed by atoms with van der Waals surface area (Å²) in [5, 5.41) is 2.79. The molecule has 0 aliphatic carbocycles. The van der Waals surface area contributed by atoms with Gasteiger partial charge in [0.2, 0.25) is 0 Å². The van der Waals surface area contributed by atoms with Crippen LogP contribution in [0.5, 0.6) is 5.75 Å². The minimum absolute atomic E-state index is 0.112. The van der Waals surface area contributed by atoms with Crippen molar-refractivity contribution in [2.45, 2.75) is 6.92 Å². The molecule has 1 N–H and O–H groups in total. The van der Waals surface area contributed by atoms with E-state index in [4.69, 9.17) is 17.0 Å². The van der Waals surface area contributed by atoms with Gasteiger partial charge in [0.1, 0.15) is 10.1 Å². The molecule has 0 radical (unpaired) electrons. The average molecular weight is 425 g/mol. The van der Waals surface area contributed by atoms with Crippen LogP contribution in [0.2, 0.25) is 0 Å². The molecule has 1 aliphatic heterocycles. The largest absolute Gasteiger partial charge is 0.484 e. The van der Waals surface area contributed by atoms with Crippen LogP contribution in [-0.2, 0) is 9.59 Å². The van der Waals surface area contributed by atoms with E-state index in [9.17, 15) is 9.59 Å².